The average molecular weight is 399 g/mol. The predicted molar refractivity (Wildman–Crippen MR) is 118 cm³/mol. The van der Waals surface area contributed by atoms with Gasteiger partial charge in [0.2, 0.25) is 0 Å². The number of aryl methyl sites for hydroxylation is 1. The second-order valence-corrected chi connectivity index (χ2v) is 8.19. The highest BCUT2D eigenvalue weighted by Crippen LogP contribution is 2.29. The molecule has 5 rings (SSSR count). The molecule has 2 aliphatic rings. The van der Waals surface area contributed by atoms with Crippen molar-refractivity contribution in [2.45, 2.75) is 19.8 Å². The third-order valence-electron chi connectivity index (χ3n) is 6.21. The number of aromatic amines is 1. The van der Waals surface area contributed by atoms with Crippen LogP contribution in [0.25, 0.3) is 16.5 Å². The number of imide groups is 1. The summed E-state index contributed by atoms with van der Waals surface area (Å²) >= 11 is 0. The summed E-state index contributed by atoms with van der Waals surface area (Å²) in [6.45, 7) is 5.18. The SMILES string of the molecule is Cc1ccc2c(c1)C(=O)N(CCCN1CC=C(c3c[nH]c4ccccc34)CC1)C2=O. The summed E-state index contributed by atoms with van der Waals surface area (Å²) < 4.78 is 0. The number of rotatable bonds is 5. The summed E-state index contributed by atoms with van der Waals surface area (Å²) in [4.78, 5) is 32.3. The maximum Gasteiger partial charge on any atom is 0.261 e. The van der Waals surface area contributed by atoms with Crippen molar-refractivity contribution >= 4 is 28.3 Å². The molecular weight excluding hydrogens is 374 g/mol. The van der Waals surface area contributed by atoms with Gasteiger partial charge in [-0.15, -0.1) is 0 Å². The molecule has 0 radical (unpaired) electrons. The van der Waals surface area contributed by atoms with Crippen LogP contribution < -0.4 is 0 Å². The lowest BCUT2D eigenvalue weighted by atomic mass is 9.99. The average Bonchev–Trinajstić information content (AvgIpc) is 3.29. The fourth-order valence-electron chi connectivity index (χ4n) is 4.56. The van der Waals surface area contributed by atoms with E-state index in [1.165, 1.54) is 26.9 Å². The zero-order valence-electron chi connectivity index (χ0n) is 17.1. The summed E-state index contributed by atoms with van der Waals surface area (Å²) in [5.74, 6) is -0.311. The molecule has 3 aromatic rings. The number of hydrogen-bond acceptors (Lipinski definition) is 3. The van der Waals surface area contributed by atoms with Gasteiger partial charge in [-0.05, 0) is 43.5 Å². The first kappa shape index (κ1) is 18.8. The molecular formula is C25H25N3O2. The normalized spacial score (nSPS) is 17.0. The molecule has 0 fully saturated rings. The van der Waals surface area contributed by atoms with Crippen LogP contribution in [0.4, 0.5) is 0 Å². The van der Waals surface area contributed by atoms with Crippen LogP contribution in [0.1, 0.15) is 44.7 Å². The molecule has 0 aliphatic carbocycles. The molecule has 0 saturated heterocycles. The number of carbonyl (C=O) groups excluding carboxylic acids is 2. The second-order valence-electron chi connectivity index (χ2n) is 8.19. The van der Waals surface area contributed by atoms with Gasteiger partial charge in [-0.3, -0.25) is 19.4 Å². The van der Waals surface area contributed by atoms with Gasteiger partial charge >= 0.3 is 0 Å². The van der Waals surface area contributed by atoms with E-state index in [1.807, 2.05) is 19.1 Å². The van der Waals surface area contributed by atoms with Gasteiger partial charge < -0.3 is 4.98 Å². The minimum Gasteiger partial charge on any atom is -0.361 e. The van der Waals surface area contributed by atoms with E-state index in [-0.39, 0.29) is 11.8 Å². The summed E-state index contributed by atoms with van der Waals surface area (Å²) in [5.41, 5.74) is 5.94. The molecule has 2 amide bonds. The van der Waals surface area contributed by atoms with Crippen molar-refractivity contribution in [3.63, 3.8) is 0 Å². The molecule has 30 heavy (non-hydrogen) atoms. The Morgan fingerprint density at radius 3 is 2.63 bits per heavy atom. The molecule has 2 aromatic carbocycles. The summed E-state index contributed by atoms with van der Waals surface area (Å²) in [7, 11) is 0. The molecule has 152 valence electrons. The Labute approximate surface area is 176 Å². The van der Waals surface area contributed by atoms with Gasteiger partial charge in [-0.1, -0.05) is 35.9 Å². The zero-order chi connectivity index (χ0) is 20.7. The number of fused-ring (bicyclic) bond motifs is 2. The topological polar surface area (TPSA) is 56.4 Å². The number of amides is 2. The number of nitrogens with zero attached hydrogens (tertiary/aromatic N) is 2. The first-order valence-corrected chi connectivity index (χ1v) is 10.6. The lowest BCUT2D eigenvalue weighted by Crippen LogP contribution is -2.35. The van der Waals surface area contributed by atoms with E-state index in [0.29, 0.717) is 17.7 Å². The van der Waals surface area contributed by atoms with Gasteiger partial charge in [-0.25, -0.2) is 0 Å². The lowest BCUT2D eigenvalue weighted by Gasteiger charge is -2.27. The molecule has 0 unspecified atom stereocenters. The summed E-state index contributed by atoms with van der Waals surface area (Å²) in [6.07, 6.45) is 6.22. The third kappa shape index (κ3) is 3.25. The van der Waals surface area contributed by atoms with Crippen molar-refractivity contribution in [2.75, 3.05) is 26.2 Å². The van der Waals surface area contributed by atoms with Crippen LogP contribution in [0, 0.1) is 6.92 Å². The van der Waals surface area contributed by atoms with E-state index < -0.39 is 0 Å². The van der Waals surface area contributed by atoms with Crippen molar-refractivity contribution in [3.05, 3.63) is 77.0 Å². The van der Waals surface area contributed by atoms with Crippen molar-refractivity contribution in [3.8, 4) is 0 Å². The van der Waals surface area contributed by atoms with Gasteiger partial charge in [0.25, 0.3) is 11.8 Å². The van der Waals surface area contributed by atoms with Crippen molar-refractivity contribution < 1.29 is 9.59 Å². The standard InChI is InChI=1S/C25H25N3O2/c1-17-7-8-20-21(15-17)25(30)28(24(20)29)12-4-11-27-13-9-18(10-14-27)22-16-26-23-6-3-2-5-19(22)23/h2-3,5-9,15-16,26H,4,10-14H2,1H3. The van der Waals surface area contributed by atoms with E-state index >= 15 is 0 Å². The van der Waals surface area contributed by atoms with Gasteiger partial charge in [-0.2, -0.15) is 0 Å². The maximum absolute atomic E-state index is 12.6. The molecule has 1 N–H and O–H groups in total. The molecule has 5 nitrogen and oxygen atoms in total. The number of para-hydroxylation sites is 1. The molecule has 3 heterocycles. The molecule has 1 aromatic heterocycles. The highest BCUT2D eigenvalue weighted by molar-refractivity contribution is 6.21. The third-order valence-corrected chi connectivity index (χ3v) is 6.21. The molecule has 2 aliphatic heterocycles. The Kier molecular flexibility index (Phi) is 4.75. The van der Waals surface area contributed by atoms with Gasteiger partial charge in [0.15, 0.2) is 0 Å². The smallest absolute Gasteiger partial charge is 0.261 e. The molecule has 0 spiro atoms. The molecule has 5 heteroatoms. The minimum atomic E-state index is -0.157. The van der Waals surface area contributed by atoms with Crippen LogP contribution in [0.2, 0.25) is 0 Å². The minimum absolute atomic E-state index is 0.154. The number of benzene rings is 2. The first-order chi connectivity index (χ1) is 14.6. The quantitative estimate of drug-likeness (QED) is 0.653. The van der Waals surface area contributed by atoms with E-state index in [9.17, 15) is 9.59 Å². The van der Waals surface area contributed by atoms with Crippen LogP contribution in [0.5, 0.6) is 0 Å². The van der Waals surface area contributed by atoms with Crippen molar-refractivity contribution in [2.24, 2.45) is 0 Å². The largest absolute Gasteiger partial charge is 0.361 e. The summed E-state index contributed by atoms with van der Waals surface area (Å²) in [6, 6.07) is 13.9. The van der Waals surface area contributed by atoms with E-state index in [0.717, 1.165) is 38.0 Å². The monoisotopic (exact) mass is 399 g/mol. The van der Waals surface area contributed by atoms with Crippen LogP contribution >= 0.6 is 0 Å². The predicted octanol–water partition coefficient (Wildman–Crippen LogP) is 4.25. The van der Waals surface area contributed by atoms with Crippen molar-refractivity contribution in [1.29, 1.82) is 0 Å². The van der Waals surface area contributed by atoms with Crippen LogP contribution in [-0.2, 0) is 0 Å². The molecule has 0 atom stereocenters. The van der Waals surface area contributed by atoms with Crippen LogP contribution in [-0.4, -0.2) is 52.8 Å². The van der Waals surface area contributed by atoms with Crippen LogP contribution in [0.15, 0.2) is 54.7 Å². The second kappa shape index (κ2) is 7.58. The number of aromatic nitrogens is 1. The van der Waals surface area contributed by atoms with Gasteiger partial charge in [0.1, 0.15) is 0 Å². The van der Waals surface area contributed by atoms with E-state index in [1.54, 1.807) is 6.07 Å². The summed E-state index contributed by atoms with van der Waals surface area (Å²) in [5, 5.41) is 1.28. The maximum atomic E-state index is 12.6. The Bertz CT molecular complexity index is 1170. The Hall–Kier alpha value is -3.18. The van der Waals surface area contributed by atoms with Crippen LogP contribution in [0.3, 0.4) is 0 Å². The number of carbonyl (C=O) groups is 2. The highest BCUT2D eigenvalue weighted by atomic mass is 16.2. The Morgan fingerprint density at radius 1 is 0.967 bits per heavy atom. The number of hydrogen-bond donors (Lipinski definition) is 1. The highest BCUT2D eigenvalue weighted by Gasteiger charge is 2.35. The van der Waals surface area contributed by atoms with Crippen molar-refractivity contribution in [1.82, 2.24) is 14.8 Å². The van der Waals surface area contributed by atoms with Gasteiger partial charge in [0.05, 0.1) is 11.1 Å². The number of H-pyrrole nitrogens is 1. The van der Waals surface area contributed by atoms with E-state index in [4.69, 9.17) is 0 Å². The first-order valence-electron chi connectivity index (χ1n) is 10.6. The van der Waals surface area contributed by atoms with Gasteiger partial charge in [0, 0.05) is 48.8 Å². The Morgan fingerprint density at radius 2 is 1.80 bits per heavy atom. The lowest BCUT2D eigenvalue weighted by molar-refractivity contribution is 0.0648. The fourth-order valence-corrected chi connectivity index (χ4v) is 4.56. The fraction of sp³-hybridized carbons (Fsp3) is 0.280. The Balaban J connectivity index is 1.18. The number of nitrogens with one attached hydrogen (secondary N) is 1. The molecule has 0 bridgehead atoms. The van der Waals surface area contributed by atoms with E-state index in [2.05, 4.69) is 46.4 Å². The zero-order valence-corrected chi connectivity index (χ0v) is 17.1. The molecule has 0 saturated carbocycles.